The van der Waals surface area contributed by atoms with E-state index in [2.05, 4.69) is 42.3 Å². The fourth-order valence-corrected chi connectivity index (χ4v) is 5.95. The first-order chi connectivity index (χ1) is 20.5. The topological polar surface area (TPSA) is 81.6 Å². The van der Waals surface area contributed by atoms with Gasteiger partial charge in [0.1, 0.15) is 0 Å². The van der Waals surface area contributed by atoms with E-state index in [-0.39, 0.29) is 18.7 Å². The number of nitrogens with zero attached hydrogens (tertiary/aromatic N) is 4. The van der Waals surface area contributed by atoms with E-state index in [0.717, 1.165) is 58.6 Å². The first-order valence-electron chi connectivity index (χ1n) is 14.9. The number of urea groups is 1. The van der Waals surface area contributed by atoms with Crippen LogP contribution in [0.25, 0.3) is 0 Å². The number of aryl methyl sites for hydroxylation is 3. The molecule has 5 rings (SSSR count). The Kier molecular flexibility index (Phi) is 9.62. The van der Waals surface area contributed by atoms with Crippen LogP contribution in [0.5, 0.6) is 0 Å². The molecule has 0 fully saturated rings. The van der Waals surface area contributed by atoms with Gasteiger partial charge in [0.25, 0.3) is 0 Å². The van der Waals surface area contributed by atoms with Gasteiger partial charge in [-0.05, 0) is 91.6 Å². The van der Waals surface area contributed by atoms with Crippen molar-refractivity contribution in [3.05, 3.63) is 124 Å². The lowest BCUT2D eigenvalue weighted by Crippen LogP contribution is -2.39. The number of hydrogen-bond donors (Lipinski definition) is 2. The van der Waals surface area contributed by atoms with Crippen LogP contribution in [0.15, 0.2) is 79.1 Å². The van der Waals surface area contributed by atoms with Crippen LogP contribution in [0.1, 0.15) is 70.6 Å². The lowest BCUT2D eigenvalue weighted by atomic mass is 9.90. The van der Waals surface area contributed by atoms with Gasteiger partial charge in [-0.2, -0.15) is 0 Å². The SMILES string of the molecule is CCN(C(=O)NCc1ccc(CN(Cc2ncc(C)cc2C)[C@H]2CCCc3cccnc32)c(CO)c1)c1ccccc1. The predicted octanol–water partition coefficient (Wildman–Crippen LogP) is 6.40. The zero-order chi connectivity index (χ0) is 29.5. The van der Waals surface area contributed by atoms with Gasteiger partial charge in [-0.25, -0.2) is 4.79 Å². The molecule has 2 heterocycles. The molecule has 0 spiro atoms. The van der Waals surface area contributed by atoms with Gasteiger partial charge in [0.15, 0.2) is 0 Å². The van der Waals surface area contributed by atoms with Gasteiger partial charge in [-0.1, -0.05) is 48.5 Å². The molecule has 0 aliphatic heterocycles. The van der Waals surface area contributed by atoms with E-state index in [1.54, 1.807) is 4.90 Å². The molecule has 0 unspecified atom stereocenters. The molecule has 0 saturated carbocycles. The molecule has 0 bridgehead atoms. The largest absolute Gasteiger partial charge is 0.392 e. The summed E-state index contributed by atoms with van der Waals surface area (Å²) in [6, 6.07) is 22.2. The Hall–Kier alpha value is -4.07. The standard InChI is InChI=1S/C35H41N5O2/c1-4-40(31-12-6-5-7-13-31)35(42)38-21-27-15-16-29(30(19-27)24-41)22-39(23-32-26(3)18-25(2)20-37-32)33-14-8-10-28-11-9-17-36-34(28)33/h5-7,9,11-13,15-20,33,41H,4,8,10,14,21-24H2,1-3H3,(H,38,42)/t33-/m0/s1. The van der Waals surface area contributed by atoms with E-state index < -0.39 is 0 Å². The Morgan fingerprint density at radius 2 is 1.83 bits per heavy atom. The van der Waals surface area contributed by atoms with E-state index in [9.17, 15) is 9.90 Å². The quantitative estimate of drug-likeness (QED) is 0.233. The summed E-state index contributed by atoms with van der Waals surface area (Å²) in [5, 5.41) is 13.4. The lowest BCUT2D eigenvalue weighted by molar-refractivity contribution is 0.153. The van der Waals surface area contributed by atoms with Crippen LogP contribution in [0.3, 0.4) is 0 Å². The van der Waals surface area contributed by atoms with Gasteiger partial charge in [-0.15, -0.1) is 0 Å². The number of fused-ring (bicyclic) bond motifs is 1. The average molecular weight is 564 g/mol. The maximum Gasteiger partial charge on any atom is 0.322 e. The number of hydrogen-bond acceptors (Lipinski definition) is 5. The summed E-state index contributed by atoms with van der Waals surface area (Å²) in [4.78, 5) is 26.8. The van der Waals surface area contributed by atoms with Gasteiger partial charge in [0.2, 0.25) is 0 Å². The molecule has 2 aromatic heterocycles. The summed E-state index contributed by atoms with van der Waals surface area (Å²) in [6.45, 7) is 8.40. The molecule has 7 heteroatoms. The number of para-hydroxylation sites is 1. The third-order valence-electron chi connectivity index (χ3n) is 8.17. The van der Waals surface area contributed by atoms with E-state index in [1.165, 1.54) is 11.1 Å². The zero-order valence-electron chi connectivity index (χ0n) is 24.9. The van der Waals surface area contributed by atoms with E-state index in [4.69, 9.17) is 9.97 Å². The molecular formula is C35H41N5O2. The van der Waals surface area contributed by atoms with Crippen molar-refractivity contribution in [2.75, 3.05) is 11.4 Å². The number of carbonyl (C=O) groups is 1. The molecular weight excluding hydrogens is 522 g/mol. The molecule has 2 N–H and O–H groups in total. The number of pyridine rings is 2. The number of anilines is 1. The van der Waals surface area contributed by atoms with Gasteiger partial charge in [0, 0.05) is 44.3 Å². The van der Waals surface area contributed by atoms with Gasteiger partial charge >= 0.3 is 6.03 Å². The summed E-state index contributed by atoms with van der Waals surface area (Å²) >= 11 is 0. The summed E-state index contributed by atoms with van der Waals surface area (Å²) in [6.07, 6.45) is 7.03. The van der Waals surface area contributed by atoms with Crippen LogP contribution >= 0.6 is 0 Å². The van der Waals surface area contributed by atoms with Crippen LogP contribution in [0, 0.1) is 13.8 Å². The van der Waals surface area contributed by atoms with Crippen LogP contribution in [-0.2, 0) is 32.7 Å². The first kappa shape index (κ1) is 29.4. The summed E-state index contributed by atoms with van der Waals surface area (Å²) in [5.41, 5.74) is 9.62. The number of rotatable bonds is 10. The number of aliphatic hydroxyl groups is 1. The number of amides is 2. The first-order valence-corrected chi connectivity index (χ1v) is 14.9. The third kappa shape index (κ3) is 6.86. The Morgan fingerprint density at radius 3 is 2.60 bits per heavy atom. The number of nitrogens with one attached hydrogen (secondary N) is 1. The van der Waals surface area contributed by atoms with Crippen molar-refractivity contribution in [1.29, 1.82) is 0 Å². The second-order valence-corrected chi connectivity index (χ2v) is 11.1. The third-order valence-corrected chi connectivity index (χ3v) is 8.17. The molecule has 42 heavy (non-hydrogen) atoms. The molecule has 0 radical (unpaired) electrons. The van der Waals surface area contributed by atoms with Crippen molar-refractivity contribution in [2.45, 2.75) is 72.3 Å². The Morgan fingerprint density at radius 1 is 1.00 bits per heavy atom. The van der Waals surface area contributed by atoms with Gasteiger partial charge < -0.3 is 10.4 Å². The van der Waals surface area contributed by atoms with E-state index >= 15 is 0 Å². The fraction of sp³-hybridized carbons (Fsp3) is 0.343. The average Bonchev–Trinajstić information content (AvgIpc) is 3.02. The minimum absolute atomic E-state index is 0.0721. The Labute approximate surface area is 249 Å². The molecule has 1 aliphatic carbocycles. The lowest BCUT2D eigenvalue weighted by Gasteiger charge is -2.35. The molecule has 7 nitrogen and oxygen atoms in total. The number of aromatic nitrogens is 2. The second-order valence-electron chi connectivity index (χ2n) is 11.1. The highest BCUT2D eigenvalue weighted by Gasteiger charge is 2.28. The van der Waals surface area contributed by atoms with Crippen molar-refractivity contribution in [3.63, 3.8) is 0 Å². The minimum atomic E-state index is -0.145. The molecule has 2 amide bonds. The molecule has 1 aliphatic rings. The molecule has 4 aromatic rings. The Bertz CT molecular complexity index is 1510. The van der Waals surface area contributed by atoms with Crippen LogP contribution in [-0.4, -0.2) is 32.6 Å². The molecule has 218 valence electrons. The van der Waals surface area contributed by atoms with Crippen molar-refractivity contribution in [3.8, 4) is 0 Å². The second kappa shape index (κ2) is 13.7. The Balaban J connectivity index is 1.37. The summed E-state index contributed by atoms with van der Waals surface area (Å²) in [7, 11) is 0. The zero-order valence-corrected chi connectivity index (χ0v) is 24.9. The van der Waals surface area contributed by atoms with E-state index in [0.29, 0.717) is 26.2 Å². The maximum atomic E-state index is 13.0. The van der Waals surface area contributed by atoms with Gasteiger partial charge in [0.05, 0.1) is 24.0 Å². The van der Waals surface area contributed by atoms with Crippen LogP contribution in [0.2, 0.25) is 0 Å². The molecule has 2 aromatic carbocycles. The highest BCUT2D eigenvalue weighted by Crippen LogP contribution is 2.35. The van der Waals surface area contributed by atoms with Crippen LogP contribution < -0.4 is 10.2 Å². The van der Waals surface area contributed by atoms with E-state index in [1.807, 2.05) is 67.8 Å². The monoisotopic (exact) mass is 563 g/mol. The highest BCUT2D eigenvalue weighted by atomic mass is 16.3. The predicted molar refractivity (Wildman–Crippen MR) is 167 cm³/mol. The number of benzene rings is 2. The summed E-state index contributed by atoms with van der Waals surface area (Å²) in [5.74, 6) is 0. The number of aliphatic hydroxyl groups excluding tert-OH is 1. The fourth-order valence-electron chi connectivity index (χ4n) is 5.95. The van der Waals surface area contributed by atoms with Crippen molar-refractivity contribution < 1.29 is 9.90 Å². The minimum Gasteiger partial charge on any atom is -0.392 e. The number of carbonyl (C=O) groups excluding carboxylic acids is 1. The normalized spacial score (nSPS) is 14.5. The summed E-state index contributed by atoms with van der Waals surface area (Å²) < 4.78 is 0. The van der Waals surface area contributed by atoms with Crippen LogP contribution in [0.4, 0.5) is 10.5 Å². The van der Waals surface area contributed by atoms with Crippen molar-refractivity contribution in [1.82, 2.24) is 20.2 Å². The molecule has 1 atom stereocenters. The van der Waals surface area contributed by atoms with Gasteiger partial charge in [-0.3, -0.25) is 19.8 Å². The van der Waals surface area contributed by atoms with Crippen molar-refractivity contribution in [2.24, 2.45) is 0 Å². The smallest absolute Gasteiger partial charge is 0.322 e. The maximum absolute atomic E-state index is 13.0. The molecule has 0 saturated heterocycles. The van der Waals surface area contributed by atoms with Crippen molar-refractivity contribution >= 4 is 11.7 Å². The highest BCUT2D eigenvalue weighted by molar-refractivity contribution is 5.91.